The third kappa shape index (κ3) is 5.83. The third-order valence-electron chi connectivity index (χ3n) is 4.34. The van der Waals surface area contributed by atoms with Crippen LogP contribution in [0.1, 0.15) is 15.9 Å². The number of hydrazone groups is 1. The van der Waals surface area contributed by atoms with Gasteiger partial charge in [0, 0.05) is 28.9 Å². The number of nitro groups is 1. The van der Waals surface area contributed by atoms with Crippen molar-refractivity contribution in [3.63, 3.8) is 0 Å². The quantitative estimate of drug-likeness (QED) is 0.259. The van der Waals surface area contributed by atoms with E-state index in [4.69, 9.17) is 4.74 Å². The zero-order valence-electron chi connectivity index (χ0n) is 17.1. The number of rotatable bonds is 8. The van der Waals surface area contributed by atoms with E-state index in [0.29, 0.717) is 11.4 Å². The van der Waals surface area contributed by atoms with E-state index in [1.807, 2.05) is 0 Å². The molecular weight excluding hydrogens is 452 g/mol. The molecule has 0 aliphatic carbocycles. The standard InChI is InChI=1S/C21H18N4O7S/c1-32-18-8-5-16(6-9-18)24-33(30,31)19-4-2-3-14(12-19)21(27)23-22-13-15-11-17(25(28)29)7-10-20(15)26/h2-13,24,26H,1H3,(H,23,27)/b22-13+. The van der Waals surface area contributed by atoms with Gasteiger partial charge in [0.2, 0.25) is 0 Å². The van der Waals surface area contributed by atoms with Crippen molar-refractivity contribution in [1.82, 2.24) is 5.43 Å². The molecule has 0 spiro atoms. The van der Waals surface area contributed by atoms with Crippen molar-refractivity contribution < 1.29 is 28.0 Å². The van der Waals surface area contributed by atoms with Gasteiger partial charge >= 0.3 is 0 Å². The lowest BCUT2D eigenvalue weighted by atomic mass is 10.2. The molecule has 3 aromatic rings. The van der Waals surface area contributed by atoms with E-state index in [9.17, 15) is 28.4 Å². The number of aromatic hydroxyl groups is 1. The predicted octanol–water partition coefficient (Wildman–Crippen LogP) is 2.87. The highest BCUT2D eigenvalue weighted by atomic mass is 32.2. The molecule has 0 aliphatic heterocycles. The number of carbonyl (C=O) groups is 1. The summed E-state index contributed by atoms with van der Waals surface area (Å²) in [6, 6.07) is 14.9. The molecule has 170 valence electrons. The van der Waals surface area contributed by atoms with Crippen LogP contribution in [0.3, 0.4) is 0 Å². The monoisotopic (exact) mass is 470 g/mol. The number of carbonyl (C=O) groups excluding carboxylic acids is 1. The van der Waals surface area contributed by atoms with Crippen molar-refractivity contribution in [3.8, 4) is 11.5 Å². The SMILES string of the molecule is COc1ccc(NS(=O)(=O)c2cccc(C(=O)N/N=C/c3cc([N+](=O)[O-])ccc3O)c2)cc1. The summed E-state index contributed by atoms with van der Waals surface area (Å²) in [4.78, 5) is 22.4. The number of nitrogens with zero attached hydrogens (tertiary/aromatic N) is 2. The van der Waals surface area contributed by atoms with E-state index in [1.165, 1.54) is 43.5 Å². The molecule has 0 aliphatic rings. The van der Waals surface area contributed by atoms with Gasteiger partial charge in [0.25, 0.3) is 21.6 Å². The number of hydrogen-bond acceptors (Lipinski definition) is 8. The topological polar surface area (TPSA) is 160 Å². The van der Waals surface area contributed by atoms with Crippen molar-refractivity contribution in [2.24, 2.45) is 5.10 Å². The van der Waals surface area contributed by atoms with E-state index < -0.39 is 20.9 Å². The minimum Gasteiger partial charge on any atom is -0.507 e. The Morgan fingerprint density at radius 2 is 1.85 bits per heavy atom. The summed E-state index contributed by atoms with van der Waals surface area (Å²) in [5, 5.41) is 24.3. The molecule has 0 atom stereocenters. The number of phenolic OH excluding ortho intramolecular Hbond substituents is 1. The lowest BCUT2D eigenvalue weighted by Crippen LogP contribution is -2.19. The van der Waals surface area contributed by atoms with Gasteiger partial charge in [-0.25, -0.2) is 13.8 Å². The van der Waals surface area contributed by atoms with Gasteiger partial charge in [0.05, 0.1) is 23.1 Å². The maximum absolute atomic E-state index is 12.7. The lowest BCUT2D eigenvalue weighted by Gasteiger charge is -2.10. The van der Waals surface area contributed by atoms with Gasteiger partial charge in [0.1, 0.15) is 11.5 Å². The molecule has 0 heterocycles. The molecule has 0 radical (unpaired) electrons. The first kappa shape index (κ1) is 23.2. The summed E-state index contributed by atoms with van der Waals surface area (Å²) < 4.78 is 32.8. The number of methoxy groups -OCH3 is 1. The van der Waals surface area contributed by atoms with Gasteiger partial charge in [0.15, 0.2) is 0 Å². The largest absolute Gasteiger partial charge is 0.507 e. The Hall–Kier alpha value is -4.45. The second-order valence-electron chi connectivity index (χ2n) is 6.56. The van der Waals surface area contributed by atoms with Crippen LogP contribution in [0.25, 0.3) is 0 Å². The van der Waals surface area contributed by atoms with Crippen LogP contribution in [0.5, 0.6) is 11.5 Å². The van der Waals surface area contributed by atoms with Gasteiger partial charge in [-0.15, -0.1) is 0 Å². The maximum atomic E-state index is 12.7. The Morgan fingerprint density at radius 3 is 2.52 bits per heavy atom. The lowest BCUT2D eigenvalue weighted by molar-refractivity contribution is -0.384. The van der Waals surface area contributed by atoms with Gasteiger partial charge in [-0.1, -0.05) is 6.07 Å². The maximum Gasteiger partial charge on any atom is 0.271 e. The van der Waals surface area contributed by atoms with Gasteiger partial charge < -0.3 is 9.84 Å². The highest BCUT2D eigenvalue weighted by Gasteiger charge is 2.17. The number of benzene rings is 3. The number of ether oxygens (including phenoxy) is 1. The third-order valence-corrected chi connectivity index (χ3v) is 5.72. The molecule has 3 N–H and O–H groups in total. The molecular formula is C21H18N4O7S. The number of nitrogens with one attached hydrogen (secondary N) is 2. The van der Waals surface area contributed by atoms with Crippen molar-refractivity contribution in [1.29, 1.82) is 0 Å². The fourth-order valence-electron chi connectivity index (χ4n) is 2.66. The van der Waals surface area contributed by atoms with Gasteiger partial charge in [-0.05, 0) is 48.5 Å². The zero-order valence-corrected chi connectivity index (χ0v) is 17.9. The molecule has 12 heteroatoms. The smallest absolute Gasteiger partial charge is 0.271 e. The van der Waals surface area contributed by atoms with Crippen molar-refractivity contribution in [3.05, 3.63) is 88.0 Å². The number of sulfonamides is 1. The van der Waals surface area contributed by atoms with Crippen LogP contribution in [0, 0.1) is 10.1 Å². The van der Waals surface area contributed by atoms with Crippen LogP contribution in [-0.4, -0.2) is 37.7 Å². The minimum atomic E-state index is -3.98. The van der Waals surface area contributed by atoms with Crippen molar-refractivity contribution in [2.45, 2.75) is 4.90 Å². The zero-order chi connectivity index (χ0) is 24.0. The average Bonchev–Trinajstić information content (AvgIpc) is 2.80. The highest BCUT2D eigenvalue weighted by Crippen LogP contribution is 2.22. The Bertz CT molecular complexity index is 1320. The second-order valence-corrected chi connectivity index (χ2v) is 8.24. The first-order valence-corrected chi connectivity index (χ1v) is 10.8. The van der Waals surface area contributed by atoms with E-state index in [1.54, 1.807) is 12.1 Å². The summed E-state index contributed by atoms with van der Waals surface area (Å²) in [5.74, 6) is -0.426. The van der Waals surface area contributed by atoms with Crippen LogP contribution in [0.2, 0.25) is 0 Å². The Morgan fingerprint density at radius 1 is 1.12 bits per heavy atom. The molecule has 0 saturated heterocycles. The second kappa shape index (κ2) is 9.78. The first-order valence-electron chi connectivity index (χ1n) is 9.27. The first-order chi connectivity index (χ1) is 15.7. The average molecular weight is 470 g/mol. The van der Waals surface area contributed by atoms with Crippen LogP contribution in [-0.2, 0) is 10.0 Å². The van der Waals surface area contributed by atoms with Crippen LogP contribution >= 0.6 is 0 Å². The van der Waals surface area contributed by atoms with E-state index in [0.717, 1.165) is 24.4 Å². The number of non-ortho nitro benzene ring substituents is 1. The van der Waals surface area contributed by atoms with E-state index in [-0.39, 0.29) is 27.5 Å². The minimum absolute atomic E-state index is 0.00743. The molecule has 0 fully saturated rings. The summed E-state index contributed by atoms with van der Waals surface area (Å²) in [6.45, 7) is 0. The predicted molar refractivity (Wildman–Crippen MR) is 120 cm³/mol. The van der Waals surface area contributed by atoms with Crippen molar-refractivity contribution >= 4 is 33.5 Å². The van der Waals surface area contributed by atoms with Gasteiger partial charge in [-0.3, -0.25) is 19.6 Å². The summed E-state index contributed by atoms with van der Waals surface area (Å²) in [5.41, 5.74) is 2.26. The molecule has 1 amide bonds. The molecule has 0 saturated carbocycles. The summed E-state index contributed by atoms with van der Waals surface area (Å²) in [7, 11) is -2.48. The van der Waals surface area contributed by atoms with Crippen LogP contribution in [0.4, 0.5) is 11.4 Å². The number of hydrogen-bond donors (Lipinski definition) is 3. The fourth-order valence-corrected chi connectivity index (χ4v) is 3.77. The molecule has 3 rings (SSSR count). The number of phenols is 1. The number of anilines is 1. The normalized spacial score (nSPS) is 11.2. The van der Waals surface area contributed by atoms with Crippen LogP contribution < -0.4 is 14.9 Å². The molecule has 0 aromatic heterocycles. The number of amides is 1. The van der Waals surface area contributed by atoms with E-state index >= 15 is 0 Å². The fraction of sp³-hybridized carbons (Fsp3) is 0.0476. The highest BCUT2D eigenvalue weighted by molar-refractivity contribution is 7.92. The number of nitro benzene ring substituents is 1. The Labute approximate surface area is 188 Å². The summed E-state index contributed by atoms with van der Waals surface area (Å²) in [6.07, 6.45) is 1.03. The summed E-state index contributed by atoms with van der Waals surface area (Å²) >= 11 is 0. The van der Waals surface area contributed by atoms with Crippen molar-refractivity contribution in [2.75, 3.05) is 11.8 Å². The molecule has 33 heavy (non-hydrogen) atoms. The van der Waals surface area contributed by atoms with E-state index in [2.05, 4.69) is 15.2 Å². The Kier molecular flexibility index (Phi) is 6.88. The molecule has 11 nitrogen and oxygen atoms in total. The van der Waals surface area contributed by atoms with Crippen LogP contribution in [0.15, 0.2) is 76.7 Å². The molecule has 3 aromatic carbocycles. The van der Waals surface area contributed by atoms with Gasteiger partial charge in [-0.2, -0.15) is 5.10 Å². The molecule has 0 bridgehead atoms. The molecule has 0 unspecified atom stereocenters. The Balaban J connectivity index is 1.73.